The van der Waals surface area contributed by atoms with Gasteiger partial charge in [0.2, 0.25) is 5.76 Å². The SMILES string of the molecule is CCOC(=O)/C(O)=C(/C=N/c1[nH]ncc1C#N)C(C)=O. The minimum atomic E-state index is -1.02. The smallest absolute Gasteiger partial charge is 0.374 e. The number of aliphatic imine (C=N–C) groups is 1. The number of aromatic nitrogens is 2. The number of nitriles is 1. The van der Waals surface area contributed by atoms with Crippen molar-refractivity contribution in [2.45, 2.75) is 13.8 Å². The highest BCUT2D eigenvalue weighted by Crippen LogP contribution is 2.14. The molecule has 0 saturated carbocycles. The van der Waals surface area contributed by atoms with E-state index in [1.165, 1.54) is 6.20 Å². The van der Waals surface area contributed by atoms with E-state index in [4.69, 9.17) is 5.26 Å². The Hall–Kier alpha value is -2.95. The lowest BCUT2D eigenvalue weighted by molar-refractivity contribution is -0.141. The van der Waals surface area contributed by atoms with Gasteiger partial charge in [-0.2, -0.15) is 10.4 Å². The molecule has 2 N–H and O–H groups in total. The number of carbonyl (C=O) groups excluding carboxylic acids is 2. The van der Waals surface area contributed by atoms with Crippen LogP contribution in [0, 0.1) is 11.3 Å². The molecule has 0 bridgehead atoms. The Morgan fingerprint density at radius 3 is 2.90 bits per heavy atom. The molecule has 0 amide bonds. The fraction of sp³-hybridized carbons (Fsp3) is 0.250. The van der Waals surface area contributed by atoms with Crippen molar-refractivity contribution in [3.8, 4) is 6.07 Å². The van der Waals surface area contributed by atoms with Crippen LogP contribution in [-0.4, -0.2) is 39.9 Å². The van der Waals surface area contributed by atoms with E-state index in [1.807, 2.05) is 6.07 Å². The number of hydrogen-bond donors (Lipinski definition) is 2. The number of aliphatic hydroxyl groups is 1. The van der Waals surface area contributed by atoms with Crippen molar-refractivity contribution in [3.05, 3.63) is 23.1 Å². The second-order valence-electron chi connectivity index (χ2n) is 3.54. The molecule has 0 saturated heterocycles. The topological polar surface area (TPSA) is 128 Å². The van der Waals surface area contributed by atoms with Gasteiger partial charge in [-0.1, -0.05) is 0 Å². The number of ketones is 1. The Balaban J connectivity index is 3.11. The molecule has 20 heavy (non-hydrogen) atoms. The van der Waals surface area contributed by atoms with E-state index in [2.05, 4.69) is 19.9 Å². The van der Waals surface area contributed by atoms with Gasteiger partial charge >= 0.3 is 5.97 Å². The summed E-state index contributed by atoms with van der Waals surface area (Å²) < 4.78 is 4.58. The van der Waals surface area contributed by atoms with Crippen molar-refractivity contribution < 1.29 is 19.4 Å². The van der Waals surface area contributed by atoms with E-state index in [9.17, 15) is 14.7 Å². The minimum absolute atomic E-state index is 0.0599. The number of aliphatic hydroxyl groups excluding tert-OH is 1. The van der Waals surface area contributed by atoms with E-state index in [0.29, 0.717) is 0 Å². The molecule has 104 valence electrons. The molecule has 0 unspecified atom stereocenters. The maximum Gasteiger partial charge on any atom is 0.374 e. The third-order valence-corrected chi connectivity index (χ3v) is 2.17. The summed E-state index contributed by atoms with van der Waals surface area (Å²) in [5.41, 5.74) is -0.151. The standard InChI is InChI=1S/C12H12N4O4/c1-3-20-12(19)10(18)9(7(2)17)6-14-11-8(4-13)5-15-16-11/h5-6,18H,3H2,1-2H3,(H,15,16)/b10-9+,14-6+. The first-order valence-corrected chi connectivity index (χ1v) is 5.60. The predicted molar refractivity (Wildman–Crippen MR) is 68.4 cm³/mol. The molecule has 0 aliphatic carbocycles. The molecule has 1 heterocycles. The van der Waals surface area contributed by atoms with Crippen LogP contribution in [0.15, 0.2) is 22.5 Å². The van der Waals surface area contributed by atoms with Crippen molar-refractivity contribution in [1.29, 1.82) is 5.26 Å². The number of rotatable bonds is 5. The highest BCUT2D eigenvalue weighted by atomic mass is 16.5. The van der Waals surface area contributed by atoms with Crippen LogP contribution in [0.2, 0.25) is 0 Å². The molecule has 0 aliphatic heterocycles. The van der Waals surface area contributed by atoms with Crippen LogP contribution in [0.3, 0.4) is 0 Å². The van der Waals surface area contributed by atoms with Gasteiger partial charge in [-0.15, -0.1) is 0 Å². The van der Waals surface area contributed by atoms with E-state index >= 15 is 0 Å². The average molecular weight is 276 g/mol. The number of carbonyl (C=O) groups is 2. The van der Waals surface area contributed by atoms with E-state index in [1.54, 1.807) is 6.92 Å². The summed E-state index contributed by atoms with van der Waals surface area (Å²) in [6.07, 6.45) is 2.23. The molecule has 0 aromatic carbocycles. The Kier molecular flexibility index (Phi) is 5.17. The fourth-order valence-electron chi connectivity index (χ4n) is 1.22. The van der Waals surface area contributed by atoms with Gasteiger partial charge in [0.15, 0.2) is 11.6 Å². The number of ether oxygens (including phenoxy) is 1. The second-order valence-corrected chi connectivity index (χ2v) is 3.54. The largest absolute Gasteiger partial charge is 0.501 e. The second kappa shape index (κ2) is 6.84. The lowest BCUT2D eigenvalue weighted by Crippen LogP contribution is -2.13. The molecule has 8 nitrogen and oxygen atoms in total. The van der Waals surface area contributed by atoms with Crippen molar-refractivity contribution in [1.82, 2.24) is 10.2 Å². The summed E-state index contributed by atoms with van der Waals surface area (Å²) in [6, 6.07) is 1.84. The molecule has 0 spiro atoms. The van der Waals surface area contributed by atoms with Crippen LogP contribution in [0.1, 0.15) is 19.4 Å². The number of Topliss-reactive ketones (excluding diaryl/α,β-unsaturated/α-hetero) is 1. The first-order valence-electron chi connectivity index (χ1n) is 5.60. The summed E-state index contributed by atoms with van der Waals surface area (Å²) in [5.74, 6) is -2.31. The zero-order valence-corrected chi connectivity index (χ0v) is 10.9. The molecular formula is C12H12N4O4. The number of hydrogen-bond acceptors (Lipinski definition) is 7. The summed E-state index contributed by atoms with van der Waals surface area (Å²) >= 11 is 0. The summed E-state index contributed by atoms with van der Waals surface area (Å²) in [4.78, 5) is 26.6. The van der Waals surface area contributed by atoms with Gasteiger partial charge in [-0.05, 0) is 13.8 Å². The van der Waals surface area contributed by atoms with E-state index in [0.717, 1.165) is 13.1 Å². The number of allylic oxidation sites excluding steroid dienone is 1. The molecule has 0 atom stereocenters. The Morgan fingerprint density at radius 1 is 1.65 bits per heavy atom. The number of aromatic amines is 1. The normalized spacial score (nSPS) is 11.8. The van der Waals surface area contributed by atoms with Crippen LogP contribution in [0.25, 0.3) is 0 Å². The van der Waals surface area contributed by atoms with Crippen LogP contribution >= 0.6 is 0 Å². The first kappa shape index (κ1) is 15.1. The third kappa shape index (κ3) is 3.52. The number of H-pyrrole nitrogens is 1. The van der Waals surface area contributed by atoms with E-state index < -0.39 is 17.5 Å². The van der Waals surface area contributed by atoms with Crippen molar-refractivity contribution in [2.24, 2.45) is 4.99 Å². The highest BCUT2D eigenvalue weighted by molar-refractivity contribution is 6.16. The van der Waals surface area contributed by atoms with Gasteiger partial charge in [-0.3, -0.25) is 9.89 Å². The number of nitrogens with zero attached hydrogens (tertiary/aromatic N) is 3. The molecule has 0 aliphatic rings. The molecular weight excluding hydrogens is 264 g/mol. The van der Waals surface area contributed by atoms with Gasteiger partial charge in [0.25, 0.3) is 0 Å². The Bertz CT molecular complexity index is 622. The summed E-state index contributed by atoms with van der Waals surface area (Å²) in [5, 5.41) is 24.5. The fourth-order valence-corrected chi connectivity index (χ4v) is 1.22. The molecule has 8 heteroatoms. The molecule has 0 radical (unpaired) electrons. The van der Waals surface area contributed by atoms with Gasteiger partial charge in [0.05, 0.1) is 18.4 Å². The summed E-state index contributed by atoms with van der Waals surface area (Å²) in [7, 11) is 0. The van der Waals surface area contributed by atoms with Gasteiger partial charge in [0.1, 0.15) is 11.6 Å². The van der Waals surface area contributed by atoms with Crippen LogP contribution in [-0.2, 0) is 14.3 Å². The maximum atomic E-state index is 11.4. The number of nitrogens with one attached hydrogen (secondary N) is 1. The lowest BCUT2D eigenvalue weighted by Gasteiger charge is -2.03. The number of esters is 1. The maximum absolute atomic E-state index is 11.4. The lowest BCUT2D eigenvalue weighted by atomic mass is 10.1. The zero-order valence-electron chi connectivity index (χ0n) is 10.9. The first-order chi connectivity index (χ1) is 9.51. The molecule has 1 aromatic rings. The van der Waals surface area contributed by atoms with Crippen LogP contribution in [0.5, 0.6) is 0 Å². The summed E-state index contributed by atoms with van der Waals surface area (Å²) in [6.45, 7) is 2.79. The molecule has 1 rings (SSSR count). The Morgan fingerprint density at radius 2 is 2.35 bits per heavy atom. The van der Waals surface area contributed by atoms with Crippen LogP contribution < -0.4 is 0 Å². The Labute approximate surface area is 114 Å². The third-order valence-electron chi connectivity index (χ3n) is 2.17. The molecule has 1 aromatic heterocycles. The van der Waals surface area contributed by atoms with Crippen molar-refractivity contribution in [3.63, 3.8) is 0 Å². The van der Waals surface area contributed by atoms with E-state index in [-0.39, 0.29) is 23.6 Å². The van der Waals surface area contributed by atoms with Crippen molar-refractivity contribution in [2.75, 3.05) is 6.61 Å². The minimum Gasteiger partial charge on any atom is -0.501 e. The quantitative estimate of drug-likeness (QED) is 0.356. The van der Waals surface area contributed by atoms with Crippen LogP contribution in [0.4, 0.5) is 5.82 Å². The monoisotopic (exact) mass is 276 g/mol. The molecule has 0 fully saturated rings. The zero-order chi connectivity index (χ0) is 15.1. The average Bonchev–Trinajstić information content (AvgIpc) is 2.86. The van der Waals surface area contributed by atoms with Gasteiger partial charge < -0.3 is 9.84 Å². The van der Waals surface area contributed by atoms with Gasteiger partial charge in [0, 0.05) is 6.21 Å². The predicted octanol–water partition coefficient (Wildman–Crippen LogP) is 0.948. The van der Waals surface area contributed by atoms with Crippen molar-refractivity contribution >= 4 is 23.8 Å². The van der Waals surface area contributed by atoms with Gasteiger partial charge in [-0.25, -0.2) is 9.79 Å². The highest BCUT2D eigenvalue weighted by Gasteiger charge is 2.17.